The number of nitrogens with two attached hydrogens (primary N) is 2. The zero-order valence-electron chi connectivity index (χ0n) is 29.5. The Balaban J connectivity index is 0.000000280. The number of thioether (sulfide) groups is 2. The van der Waals surface area contributed by atoms with Gasteiger partial charge in [-0.2, -0.15) is 0 Å². The molecule has 4 aliphatic rings. The molecule has 0 saturated carbocycles. The first kappa shape index (κ1) is 45.2. The number of nitrogen functional groups attached to an aromatic ring is 2. The minimum absolute atomic E-state index is 0. The summed E-state index contributed by atoms with van der Waals surface area (Å²) in [6.07, 6.45) is 1.83. The second-order valence-corrected chi connectivity index (χ2v) is 14.9. The third-order valence-electron chi connectivity index (χ3n) is 7.73. The predicted molar refractivity (Wildman–Crippen MR) is 188 cm³/mol. The minimum atomic E-state index is -1.42. The first-order chi connectivity index (χ1) is 24.7. The number of β-lactam (4-membered cyclic amide) rings is 2. The standard InChI is InChI=1S/2C14H15N5O5S2.2Na/c2*1-6-4-25-12-10(11(21)19(12)9(6)13(22)23)18(8(20)3-16-24-2)7-5-26-14(15)17-7;;/h2*3,5,10,12H,4H2,1-2H3,(H2,15,17)(H,22,23);;/q;;2*+1/p-2/t2*10-,12-;;/m11../s1. The molecular weight excluding hydrogens is 811 g/mol. The van der Waals surface area contributed by atoms with Crippen molar-refractivity contribution >= 4 is 116 Å². The maximum Gasteiger partial charge on any atom is 1.00 e. The maximum atomic E-state index is 12.7. The fourth-order valence-electron chi connectivity index (χ4n) is 5.58. The summed E-state index contributed by atoms with van der Waals surface area (Å²) >= 11 is 4.94. The van der Waals surface area contributed by atoms with Gasteiger partial charge in [-0.25, -0.2) is 9.97 Å². The fraction of sp³-hybridized carbons (Fsp3) is 0.357. The average molecular weight is 839 g/mol. The van der Waals surface area contributed by atoms with Crippen molar-refractivity contribution in [3.05, 3.63) is 33.3 Å². The Labute approximate surface area is 367 Å². The number of hydrogen-bond acceptors (Lipinski definition) is 20. The molecule has 20 nitrogen and oxygen atoms in total. The molecule has 2 aromatic rings. The number of carboxylic acids is 2. The van der Waals surface area contributed by atoms with E-state index in [0.29, 0.717) is 22.7 Å². The van der Waals surface area contributed by atoms with Gasteiger partial charge in [0.25, 0.3) is 23.6 Å². The van der Waals surface area contributed by atoms with E-state index in [1.807, 2.05) is 0 Å². The molecule has 0 aromatic carbocycles. The van der Waals surface area contributed by atoms with Gasteiger partial charge in [-0.05, 0) is 25.0 Å². The van der Waals surface area contributed by atoms with Crippen LogP contribution in [0.5, 0.6) is 0 Å². The number of carbonyl (C=O) groups excluding carboxylic acids is 6. The monoisotopic (exact) mass is 838 g/mol. The van der Waals surface area contributed by atoms with Crippen LogP contribution in [0.3, 0.4) is 0 Å². The summed E-state index contributed by atoms with van der Waals surface area (Å²) in [5.41, 5.74) is 12.1. The number of carbonyl (C=O) groups is 6. The van der Waals surface area contributed by atoms with Gasteiger partial charge in [0.1, 0.15) is 61.1 Å². The SMILES string of the molecule is CON=CC(=O)N(c1csc(N)n1)[C@@H]1C(=O)N2C(C(=O)[O-])=C(C)CS[C@H]12.CON=CC(=O)N(c1csc(N)n1)[C@@H]1C(=O)N2C(C(=O)[O-])=C(C)CS[C@H]12.[Na+].[Na+]. The Morgan fingerprint density at radius 1 is 0.778 bits per heavy atom. The van der Waals surface area contributed by atoms with Crippen molar-refractivity contribution in [2.75, 3.05) is 47.0 Å². The number of aliphatic carboxylic acids is 2. The first-order valence-electron chi connectivity index (χ1n) is 14.7. The molecule has 0 bridgehead atoms. The third kappa shape index (κ3) is 8.76. The summed E-state index contributed by atoms with van der Waals surface area (Å²) < 4.78 is 0. The van der Waals surface area contributed by atoms with Crippen molar-refractivity contribution in [1.29, 1.82) is 0 Å². The van der Waals surface area contributed by atoms with Crippen molar-refractivity contribution in [1.82, 2.24) is 19.8 Å². The van der Waals surface area contributed by atoms with Crippen LogP contribution in [0.25, 0.3) is 0 Å². The Morgan fingerprint density at radius 2 is 1.13 bits per heavy atom. The molecule has 4 N–H and O–H groups in total. The van der Waals surface area contributed by atoms with Gasteiger partial charge in [-0.3, -0.25) is 38.8 Å². The van der Waals surface area contributed by atoms with Crippen LogP contribution in [0.4, 0.5) is 21.9 Å². The molecule has 6 heterocycles. The summed E-state index contributed by atoms with van der Waals surface area (Å²) in [5, 5.41) is 32.1. The molecule has 6 rings (SSSR count). The van der Waals surface area contributed by atoms with E-state index in [1.54, 1.807) is 13.8 Å². The van der Waals surface area contributed by atoms with E-state index in [-0.39, 0.29) is 92.4 Å². The van der Waals surface area contributed by atoms with Gasteiger partial charge in [0.15, 0.2) is 10.3 Å². The first-order valence-corrected chi connectivity index (χ1v) is 18.5. The molecule has 4 amide bonds. The van der Waals surface area contributed by atoms with E-state index in [1.165, 1.54) is 48.5 Å². The van der Waals surface area contributed by atoms with E-state index in [9.17, 15) is 39.0 Å². The molecule has 2 fully saturated rings. The molecule has 54 heavy (non-hydrogen) atoms. The molecule has 0 unspecified atom stereocenters. The van der Waals surface area contributed by atoms with Gasteiger partial charge < -0.3 is 40.9 Å². The third-order valence-corrected chi connectivity index (χ3v) is 11.9. The normalized spacial score (nSPS) is 21.4. The smallest absolute Gasteiger partial charge is 0.543 e. The quantitative estimate of drug-likeness (QED) is 0.0973. The molecule has 4 atom stereocenters. The topological polar surface area (TPSA) is 282 Å². The van der Waals surface area contributed by atoms with Gasteiger partial charge in [0, 0.05) is 22.3 Å². The minimum Gasteiger partial charge on any atom is -0.543 e. The number of amides is 4. The van der Waals surface area contributed by atoms with Crippen molar-refractivity contribution in [2.24, 2.45) is 10.3 Å². The van der Waals surface area contributed by atoms with E-state index in [0.717, 1.165) is 54.7 Å². The average Bonchev–Trinajstić information content (AvgIpc) is 3.74. The molecule has 2 saturated heterocycles. The van der Waals surface area contributed by atoms with Crippen LogP contribution in [-0.2, 0) is 38.4 Å². The van der Waals surface area contributed by atoms with Crippen LogP contribution in [0.2, 0.25) is 0 Å². The second kappa shape index (κ2) is 19.1. The zero-order valence-corrected chi connectivity index (χ0v) is 36.7. The summed E-state index contributed by atoms with van der Waals surface area (Å²) in [4.78, 5) is 95.1. The fourth-order valence-corrected chi connectivity index (χ4v) is 9.33. The van der Waals surface area contributed by atoms with Crippen LogP contribution in [0, 0.1) is 0 Å². The second-order valence-electron chi connectivity index (χ2n) is 10.9. The number of rotatable bonds is 10. The molecule has 4 aliphatic heterocycles. The van der Waals surface area contributed by atoms with Crippen LogP contribution >= 0.6 is 46.2 Å². The molecule has 276 valence electrons. The van der Waals surface area contributed by atoms with Crippen molar-refractivity contribution in [3.63, 3.8) is 0 Å². The molecule has 26 heteroatoms. The van der Waals surface area contributed by atoms with Crippen molar-refractivity contribution < 1.29 is 108 Å². The number of hydrogen-bond donors (Lipinski definition) is 2. The van der Waals surface area contributed by atoms with Gasteiger partial charge in [0.05, 0.1) is 23.3 Å². The summed E-state index contributed by atoms with van der Waals surface area (Å²) in [7, 11) is 2.56. The van der Waals surface area contributed by atoms with Gasteiger partial charge in [-0.15, -0.1) is 46.2 Å². The number of nitrogens with zero attached hydrogens (tertiary/aromatic N) is 8. The Morgan fingerprint density at radius 3 is 1.41 bits per heavy atom. The summed E-state index contributed by atoms with van der Waals surface area (Å²) in [6, 6.07) is -1.86. The molecule has 2 aromatic heterocycles. The van der Waals surface area contributed by atoms with Crippen LogP contribution in [-0.4, -0.2) is 116 Å². The van der Waals surface area contributed by atoms with Gasteiger partial charge in [0.2, 0.25) is 0 Å². The Bertz CT molecular complexity index is 1820. The van der Waals surface area contributed by atoms with Crippen molar-refractivity contribution in [3.8, 4) is 0 Å². The summed E-state index contributed by atoms with van der Waals surface area (Å²) in [5.74, 6) is -3.97. The molecule has 0 aliphatic carbocycles. The van der Waals surface area contributed by atoms with Gasteiger partial charge in [-0.1, -0.05) is 10.3 Å². The number of aromatic nitrogens is 2. The molecular formula is C28H28N10Na2O10S4. The van der Waals surface area contributed by atoms with E-state index < -0.39 is 58.4 Å². The van der Waals surface area contributed by atoms with E-state index in [4.69, 9.17) is 11.5 Å². The van der Waals surface area contributed by atoms with E-state index >= 15 is 0 Å². The number of anilines is 4. The molecule has 0 spiro atoms. The number of fused-ring (bicyclic) bond motifs is 2. The predicted octanol–water partition coefficient (Wildman–Crippen LogP) is -8.00. The van der Waals surface area contributed by atoms with Crippen LogP contribution in [0.15, 0.2) is 43.6 Å². The molecule has 0 radical (unpaired) electrons. The van der Waals surface area contributed by atoms with Gasteiger partial charge >= 0.3 is 59.1 Å². The zero-order chi connectivity index (χ0) is 38.0. The Hall–Kier alpha value is -3.20. The van der Waals surface area contributed by atoms with E-state index in [2.05, 4.69) is 30.0 Å². The largest absolute Gasteiger partial charge is 1.00 e. The van der Waals surface area contributed by atoms with Crippen LogP contribution in [0.1, 0.15) is 13.8 Å². The summed E-state index contributed by atoms with van der Waals surface area (Å²) in [6.45, 7) is 3.26. The van der Waals surface area contributed by atoms with Crippen LogP contribution < -0.4 is 90.6 Å². The maximum absolute atomic E-state index is 12.7. The van der Waals surface area contributed by atoms with Crippen molar-refractivity contribution in [2.45, 2.75) is 36.7 Å². The number of thiazole rings is 2. The Kier molecular flexibility index (Phi) is 16.0. The number of carboxylic acid groups (broad SMARTS) is 2. The number of oxime groups is 2.